The number of aryl methyl sites for hydroxylation is 1. The molecule has 0 bridgehead atoms. The first kappa shape index (κ1) is 20.0. The first-order valence-electron chi connectivity index (χ1n) is 9.28. The van der Waals surface area contributed by atoms with E-state index < -0.39 is 6.04 Å². The highest BCUT2D eigenvalue weighted by Gasteiger charge is 2.23. The summed E-state index contributed by atoms with van der Waals surface area (Å²) in [4.78, 5) is 20.8. The van der Waals surface area contributed by atoms with Crippen LogP contribution in [0.1, 0.15) is 27.9 Å². The van der Waals surface area contributed by atoms with Gasteiger partial charge in [-0.1, -0.05) is 22.0 Å². The van der Waals surface area contributed by atoms with E-state index in [2.05, 4.69) is 31.2 Å². The molecule has 8 heteroatoms. The SMILES string of the molecule is COc1cc(OC)cc(C(NC(=O)c2cc3ccc(Br)cc3[nH]2)c2nccn2C)c1. The number of fused-ring (bicyclic) bond motifs is 1. The van der Waals surface area contributed by atoms with Crippen molar-refractivity contribution in [2.24, 2.45) is 7.05 Å². The zero-order valence-electron chi connectivity index (χ0n) is 16.8. The molecule has 7 nitrogen and oxygen atoms in total. The number of imidazole rings is 1. The number of amides is 1. The fourth-order valence-electron chi connectivity index (χ4n) is 3.38. The van der Waals surface area contributed by atoms with Gasteiger partial charge >= 0.3 is 0 Å². The average molecular weight is 469 g/mol. The molecule has 1 atom stereocenters. The number of carbonyl (C=O) groups excluding carboxylic acids is 1. The molecule has 0 aliphatic rings. The minimum atomic E-state index is -0.500. The van der Waals surface area contributed by atoms with Crippen LogP contribution in [0.3, 0.4) is 0 Å². The zero-order valence-corrected chi connectivity index (χ0v) is 18.4. The van der Waals surface area contributed by atoms with Crippen LogP contribution in [0.2, 0.25) is 0 Å². The Balaban J connectivity index is 1.73. The molecular formula is C22H21BrN4O3. The minimum Gasteiger partial charge on any atom is -0.497 e. The summed E-state index contributed by atoms with van der Waals surface area (Å²) in [7, 11) is 5.07. The summed E-state index contributed by atoms with van der Waals surface area (Å²) in [6, 6.07) is 12.7. The number of rotatable bonds is 6. The van der Waals surface area contributed by atoms with Gasteiger partial charge in [-0.05, 0) is 35.9 Å². The fourth-order valence-corrected chi connectivity index (χ4v) is 3.74. The molecule has 4 rings (SSSR count). The molecule has 2 heterocycles. The summed E-state index contributed by atoms with van der Waals surface area (Å²) >= 11 is 3.46. The number of carbonyl (C=O) groups is 1. The van der Waals surface area contributed by atoms with E-state index in [1.54, 1.807) is 26.5 Å². The Morgan fingerprint density at radius 3 is 2.50 bits per heavy atom. The molecule has 2 aromatic carbocycles. The van der Waals surface area contributed by atoms with Crippen LogP contribution in [-0.2, 0) is 7.05 Å². The predicted octanol–water partition coefficient (Wildman–Crippen LogP) is 4.20. The maximum absolute atomic E-state index is 13.1. The van der Waals surface area contributed by atoms with Crippen LogP contribution < -0.4 is 14.8 Å². The number of aromatic nitrogens is 3. The van der Waals surface area contributed by atoms with Crippen molar-refractivity contribution in [3.63, 3.8) is 0 Å². The number of nitrogens with zero attached hydrogens (tertiary/aromatic N) is 2. The zero-order chi connectivity index (χ0) is 21.3. The molecule has 0 saturated carbocycles. The molecule has 0 saturated heterocycles. The van der Waals surface area contributed by atoms with E-state index in [4.69, 9.17) is 9.47 Å². The molecule has 0 spiro atoms. The number of aromatic amines is 1. The number of H-pyrrole nitrogens is 1. The van der Waals surface area contributed by atoms with Crippen molar-refractivity contribution in [3.8, 4) is 11.5 Å². The number of nitrogens with one attached hydrogen (secondary N) is 2. The van der Waals surface area contributed by atoms with E-state index in [0.717, 1.165) is 20.9 Å². The lowest BCUT2D eigenvalue weighted by atomic mass is 10.0. The molecule has 30 heavy (non-hydrogen) atoms. The quantitative estimate of drug-likeness (QED) is 0.444. The van der Waals surface area contributed by atoms with Gasteiger partial charge in [0.2, 0.25) is 0 Å². The smallest absolute Gasteiger partial charge is 0.268 e. The van der Waals surface area contributed by atoms with Gasteiger partial charge in [0.1, 0.15) is 29.1 Å². The Morgan fingerprint density at radius 1 is 1.13 bits per heavy atom. The summed E-state index contributed by atoms with van der Waals surface area (Å²) < 4.78 is 13.6. The Kier molecular flexibility index (Phi) is 5.50. The lowest BCUT2D eigenvalue weighted by Crippen LogP contribution is -2.31. The standard InChI is InChI=1S/C22H21BrN4O3/c1-27-7-6-24-21(27)20(14-8-16(29-2)12-17(9-14)30-3)26-22(28)19-10-13-4-5-15(23)11-18(13)25-19/h4-12,20,25H,1-3H3,(H,26,28). The maximum Gasteiger partial charge on any atom is 0.268 e. The molecule has 0 aliphatic carbocycles. The van der Waals surface area contributed by atoms with Gasteiger partial charge in [-0.2, -0.15) is 0 Å². The molecule has 1 unspecified atom stereocenters. The number of methoxy groups -OCH3 is 2. The van der Waals surface area contributed by atoms with Gasteiger partial charge < -0.3 is 24.3 Å². The van der Waals surface area contributed by atoms with Crippen molar-refractivity contribution in [2.75, 3.05) is 14.2 Å². The molecule has 2 aromatic heterocycles. The lowest BCUT2D eigenvalue weighted by molar-refractivity contribution is 0.0937. The third-order valence-corrected chi connectivity index (χ3v) is 5.42. The number of halogens is 1. The lowest BCUT2D eigenvalue weighted by Gasteiger charge is -2.20. The van der Waals surface area contributed by atoms with Crippen LogP contribution in [0.4, 0.5) is 0 Å². The van der Waals surface area contributed by atoms with Gasteiger partial charge in [0, 0.05) is 40.9 Å². The number of ether oxygens (including phenoxy) is 2. The van der Waals surface area contributed by atoms with Crippen molar-refractivity contribution >= 4 is 32.7 Å². The van der Waals surface area contributed by atoms with Crippen LogP contribution >= 0.6 is 15.9 Å². The van der Waals surface area contributed by atoms with Gasteiger partial charge in [0.25, 0.3) is 5.91 Å². The van der Waals surface area contributed by atoms with Gasteiger partial charge in [-0.3, -0.25) is 4.79 Å². The Bertz CT molecular complexity index is 1190. The second kappa shape index (κ2) is 8.23. The predicted molar refractivity (Wildman–Crippen MR) is 118 cm³/mol. The second-order valence-electron chi connectivity index (χ2n) is 6.86. The summed E-state index contributed by atoms with van der Waals surface area (Å²) in [5.41, 5.74) is 2.15. The summed E-state index contributed by atoms with van der Waals surface area (Å²) in [5, 5.41) is 4.05. The third-order valence-electron chi connectivity index (χ3n) is 4.93. The van der Waals surface area contributed by atoms with E-state index in [-0.39, 0.29) is 5.91 Å². The number of hydrogen-bond donors (Lipinski definition) is 2. The highest BCUT2D eigenvalue weighted by molar-refractivity contribution is 9.10. The first-order valence-corrected chi connectivity index (χ1v) is 10.1. The summed E-state index contributed by atoms with van der Waals surface area (Å²) in [6.07, 6.45) is 3.54. The molecule has 2 N–H and O–H groups in total. The van der Waals surface area contributed by atoms with Crippen LogP contribution in [-0.4, -0.2) is 34.7 Å². The second-order valence-corrected chi connectivity index (χ2v) is 7.78. The molecule has 4 aromatic rings. The monoisotopic (exact) mass is 468 g/mol. The molecule has 154 valence electrons. The van der Waals surface area contributed by atoms with E-state index in [9.17, 15) is 4.79 Å². The van der Waals surface area contributed by atoms with E-state index in [1.807, 2.05) is 54.2 Å². The normalized spacial score (nSPS) is 12.0. The molecular weight excluding hydrogens is 448 g/mol. The highest BCUT2D eigenvalue weighted by atomic mass is 79.9. The molecule has 1 amide bonds. The van der Waals surface area contributed by atoms with Gasteiger partial charge in [0.05, 0.1) is 14.2 Å². The molecule has 0 fully saturated rings. The topological polar surface area (TPSA) is 81.2 Å². The molecule has 0 radical (unpaired) electrons. The number of hydrogen-bond acceptors (Lipinski definition) is 4. The summed E-state index contributed by atoms with van der Waals surface area (Å²) in [5.74, 6) is 1.72. The van der Waals surface area contributed by atoms with E-state index in [1.165, 1.54) is 0 Å². The van der Waals surface area contributed by atoms with Crippen molar-refractivity contribution < 1.29 is 14.3 Å². The van der Waals surface area contributed by atoms with Gasteiger partial charge in [-0.25, -0.2) is 4.98 Å². The van der Waals surface area contributed by atoms with Gasteiger partial charge in [-0.15, -0.1) is 0 Å². The van der Waals surface area contributed by atoms with Crippen molar-refractivity contribution in [1.29, 1.82) is 0 Å². The van der Waals surface area contributed by atoms with Crippen LogP contribution in [0.15, 0.2) is 59.3 Å². The van der Waals surface area contributed by atoms with Crippen LogP contribution in [0.5, 0.6) is 11.5 Å². The van der Waals surface area contributed by atoms with Gasteiger partial charge in [0.15, 0.2) is 0 Å². The molecule has 0 aliphatic heterocycles. The first-order chi connectivity index (χ1) is 14.5. The third kappa shape index (κ3) is 3.91. The van der Waals surface area contributed by atoms with Crippen LogP contribution in [0.25, 0.3) is 10.9 Å². The largest absolute Gasteiger partial charge is 0.497 e. The number of benzene rings is 2. The Morgan fingerprint density at radius 2 is 1.87 bits per heavy atom. The highest BCUT2D eigenvalue weighted by Crippen LogP contribution is 2.30. The van der Waals surface area contributed by atoms with E-state index in [0.29, 0.717) is 23.0 Å². The summed E-state index contributed by atoms with van der Waals surface area (Å²) in [6.45, 7) is 0. The Hall–Kier alpha value is -3.26. The average Bonchev–Trinajstić information content (AvgIpc) is 3.37. The van der Waals surface area contributed by atoms with E-state index >= 15 is 0 Å². The van der Waals surface area contributed by atoms with Crippen molar-refractivity contribution in [3.05, 3.63) is 76.4 Å². The van der Waals surface area contributed by atoms with Crippen LogP contribution in [0, 0.1) is 0 Å². The maximum atomic E-state index is 13.1. The Labute approximate surface area is 182 Å². The minimum absolute atomic E-state index is 0.239. The van der Waals surface area contributed by atoms with Crippen molar-refractivity contribution in [2.45, 2.75) is 6.04 Å². The van der Waals surface area contributed by atoms with Crippen molar-refractivity contribution in [1.82, 2.24) is 19.9 Å². The fraction of sp³-hybridized carbons (Fsp3) is 0.182.